The number of carbonyl (C=O) groups is 1. The number of aliphatic imine (C=N–C) groups is 1. The first-order chi connectivity index (χ1) is 8.69. The van der Waals surface area contributed by atoms with Crippen molar-refractivity contribution in [3.8, 4) is 0 Å². The normalized spacial score (nSPS) is 17.9. The molecule has 2 heteroatoms. The summed E-state index contributed by atoms with van der Waals surface area (Å²) in [5.74, 6) is 0.685. The molecule has 0 radical (unpaired) electrons. The van der Waals surface area contributed by atoms with Crippen molar-refractivity contribution in [1.29, 1.82) is 0 Å². The lowest BCUT2D eigenvalue weighted by molar-refractivity contribution is 0.0988. The molecule has 0 saturated carbocycles. The van der Waals surface area contributed by atoms with Gasteiger partial charge in [-0.1, -0.05) is 37.3 Å². The number of rotatable bonds is 5. The quantitative estimate of drug-likeness (QED) is 0.721. The summed E-state index contributed by atoms with van der Waals surface area (Å²) in [5.41, 5.74) is 3.22. The Morgan fingerprint density at radius 3 is 2.56 bits per heavy atom. The topological polar surface area (TPSA) is 29.4 Å². The second-order valence-corrected chi connectivity index (χ2v) is 4.76. The molecule has 0 aromatic heterocycles. The average molecular weight is 241 g/mol. The Labute approximate surface area is 108 Å². The first-order valence-electron chi connectivity index (χ1n) is 6.54. The summed E-state index contributed by atoms with van der Waals surface area (Å²) in [4.78, 5) is 15.8. The highest BCUT2D eigenvalue weighted by molar-refractivity contribution is 5.95. The molecule has 1 aromatic rings. The molecule has 94 valence electrons. The molecule has 18 heavy (non-hydrogen) atoms. The van der Waals surface area contributed by atoms with Crippen LogP contribution in [0.15, 0.2) is 41.0 Å². The molecule has 1 aromatic carbocycles. The van der Waals surface area contributed by atoms with Crippen molar-refractivity contribution in [1.82, 2.24) is 0 Å². The van der Waals surface area contributed by atoms with Gasteiger partial charge in [0.05, 0.1) is 0 Å². The van der Waals surface area contributed by atoms with E-state index >= 15 is 0 Å². The number of benzene rings is 1. The van der Waals surface area contributed by atoms with Crippen LogP contribution in [-0.2, 0) is 6.42 Å². The zero-order valence-electron chi connectivity index (χ0n) is 11.0. The number of hydrogen-bond donors (Lipinski definition) is 0. The number of nitrogens with zero attached hydrogens (tertiary/aromatic N) is 1. The van der Waals surface area contributed by atoms with E-state index in [2.05, 4.69) is 23.2 Å². The first-order valence-corrected chi connectivity index (χ1v) is 6.54. The van der Waals surface area contributed by atoms with Crippen LogP contribution < -0.4 is 0 Å². The SMILES string of the molecule is CCC(=O)c1ccc(CCC2C=NC(C)=C2)cc1. The van der Waals surface area contributed by atoms with Crippen LogP contribution in [0, 0.1) is 5.92 Å². The highest BCUT2D eigenvalue weighted by atomic mass is 16.1. The van der Waals surface area contributed by atoms with Gasteiger partial charge in [-0.05, 0) is 25.3 Å². The van der Waals surface area contributed by atoms with E-state index in [1.165, 1.54) is 5.56 Å². The van der Waals surface area contributed by atoms with Crippen LogP contribution in [0.3, 0.4) is 0 Å². The van der Waals surface area contributed by atoms with E-state index in [1.54, 1.807) is 0 Å². The molecule has 1 atom stereocenters. The fourth-order valence-corrected chi connectivity index (χ4v) is 2.16. The lowest BCUT2D eigenvalue weighted by atomic mass is 9.99. The number of Topliss-reactive ketones (excluding diaryl/α,β-unsaturated/α-hetero) is 1. The highest BCUT2D eigenvalue weighted by Gasteiger charge is 2.08. The van der Waals surface area contributed by atoms with Crippen molar-refractivity contribution in [2.45, 2.75) is 33.1 Å². The van der Waals surface area contributed by atoms with Crippen molar-refractivity contribution in [2.75, 3.05) is 0 Å². The van der Waals surface area contributed by atoms with Crippen LogP contribution >= 0.6 is 0 Å². The smallest absolute Gasteiger partial charge is 0.162 e. The van der Waals surface area contributed by atoms with Gasteiger partial charge >= 0.3 is 0 Å². The molecule has 0 N–H and O–H groups in total. The van der Waals surface area contributed by atoms with E-state index in [9.17, 15) is 4.79 Å². The van der Waals surface area contributed by atoms with E-state index in [1.807, 2.05) is 32.2 Å². The van der Waals surface area contributed by atoms with E-state index in [0.29, 0.717) is 12.3 Å². The molecule has 0 bridgehead atoms. The van der Waals surface area contributed by atoms with E-state index in [-0.39, 0.29) is 5.78 Å². The van der Waals surface area contributed by atoms with Gasteiger partial charge in [-0.3, -0.25) is 9.79 Å². The fraction of sp³-hybridized carbons (Fsp3) is 0.375. The van der Waals surface area contributed by atoms with Crippen molar-refractivity contribution < 1.29 is 4.79 Å². The maximum absolute atomic E-state index is 11.5. The van der Waals surface area contributed by atoms with Gasteiger partial charge in [-0.25, -0.2) is 0 Å². The average Bonchev–Trinajstić information content (AvgIpc) is 2.82. The highest BCUT2D eigenvalue weighted by Crippen LogP contribution is 2.17. The summed E-state index contributed by atoms with van der Waals surface area (Å²) in [5, 5.41) is 0. The molecule has 0 amide bonds. The van der Waals surface area contributed by atoms with Gasteiger partial charge in [0.25, 0.3) is 0 Å². The summed E-state index contributed by atoms with van der Waals surface area (Å²) in [7, 11) is 0. The Morgan fingerprint density at radius 2 is 2.00 bits per heavy atom. The first kappa shape index (κ1) is 12.7. The van der Waals surface area contributed by atoms with Gasteiger partial charge in [0.2, 0.25) is 0 Å². The molecule has 1 unspecified atom stereocenters. The summed E-state index contributed by atoms with van der Waals surface area (Å²) < 4.78 is 0. The maximum atomic E-state index is 11.5. The van der Waals surface area contributed by atoms with Gasteiger partial charge < -0.3 is 0 Å². The van der Waals surface area contributed by atoms with Crippen molar-refractivity contribution in [3.63, 3.8) is 0 Å². The third-order valence-electron chi connectivity index (χ3n) is 3.29. The molecule has 0 saturated heterocycles. The van der Waals surface area contributed by atoms with Gasteiger partial charge in [-0.2, -0.15) is 0 Å². The van der Waals surface area contributed by atoms with Gasteiger partial charge in [0.1, 0.15) is 0 Å². The van der Waals surface area contributed by atoms with Crippen LogP contribution in [0.4, 0.5) is 0 Å². The fourth-order valence-electron chi connectivity index (χ4n) is 2.16. The second-order valence-electron chi connectivity index (χ2n) is 4.76. The van der Waals surface area contributed by atoms with Crippen LogP contribution in [0.5, 0.6) is 0 Å². The molecule has 0 fully saturated rings. The molecule has 1 heterocycles. The lowest BCUT2D eigenvalue weighted by Crippen LogP contribution is -1.99. The van der Waals surface area contributed by atoms with Crippen LogP contribution in [0.2, 0.25) is 0 Å². The van der Waals surface area contributed by atoms with Crippen molar-refractivity contribution in [2.24, 2.45) is 10.9 Å². The van der Waals surface area contributed by atoms with Crippen LogP contribution in [-0.4, -0.2) is 12.0 Å². The monoisotopic (exact) mass is 241 g/mol. The molecular formula is C16H19NO. The number of ketones is 1. The summed E-state index contributed by atoms with van der Waals surface area (Å²) in [6.45, 7) is 3.92. The standard InChI is InChI=1S/C16H19NO/c1-3-16(18)15-8-6-13(7-9-15)4-5-14-10-12(2)17-11-14/h6-11,14H,3-5H2,1-2H3. The molecule has 2 rings (SSSR count). The third-order valence-corrected chi connectivity index (χ3v) is 3.29. The minimum Gasteiger partial charge on any atom is -0.294 e. The summed E-state index contributed by atoms with van der Waals surface area (Å²) in [6, 6.07) is 7.99. The van der Waals surface area contributed by atoms with E-state index in [4.69, 9.17) is 0 Å². The Bertz CT molecular complexity index is 482. The minimum atomic E-state index is 0.211. The third kappa shape index (κ3) is 3.16. The molecule has 0 aliphatic carbocycles. The van der Waals surface area contributed by atoms with E-state index in [0.717, 1.165) is 24.1 Å². The number of allylic oxidation sites excluding steroid dienone is 2. The predicted molar refractivity (Wildman–Crippen MR) is 75.1 cm³/mol. The van der Waals surface area contributed by atoms with Gasteiger partial charge in [0.15, 0.2) is 5.78 Å². The van der Waals surface area contributed by atoms with Gasteiger partial charge in [0, 0.05) is 29.8 Å². The Hall–Kier alpha value is -1.70. The molecule has 1 aliphatic rings. The Balaban J connectivity index is 1.91. The molecular weight excluding hydrogens is 222 g/mol. The minimum absolute atomic E-state index is 0.211. The summed E-state index contributed by atoms with van der Waals surface area (Å²) >= 11 is 0. The van der Waals surface area contributed by atoms with Crippen molar-refractivity contribution in [3.05, 3.63) is 47.2 Å². The zero-order valence-corrected chi connectivity index (χ0v) is 11.0. The van der Waals surface area contributed by atoms with E-state index < -0.39 is 0 Å². The lowest BCUT2D eigenvalue weighted by Gasteiger charge is -2.05. The summed E-state index contributed by atoms with van der Waals surface area (Å²) in [6.07, 6.45) is 6.91. The number of carbonyl (C=O) groups excluding carboxylic acids is 1. The maximum Gasteiger partial charge on any atom is 0.162 e. The van der Waals surface area contributed by atoms with Crippen molar-refractivity contribution >= 4 is 12.0 Å². The predicted octanol–water partition coefficient (Wildman–Crippen LogP) is 3.82. The zero-order chi connectivity index (χ0) is 13.0. The van der Waals surface area contributed by atoms with Crippen LogP contribution in [0.1, 0.15) is 42.6 Å². The Morgan fingerprint density at radius 1 is 1.28 bits per heavy atom. The van der Waals surface area contributed by atoms with Gasteiger partial charge in [-0.15, -0.1) is 0 Å². The van der Waals surface area contributed by atoms with Crippen LogP contribution in [0.25, 0.3) is 0 Å². The Kier molecular flexibility index (Phi) is 4.08. The number of aryl methyl sites for hydroxylation is 1. The molecule has 2 nitrogen and oxygen atoms in total. The second kappa shape index (κ2) is 5.76. The largest absolute Gasteiger partial charge is 0.294 e. The molecule has 0 spiro atoms. The molecule has 1 aliphatic heterocycles. The number of hydrogen-bond acceptors (Lipinski definition) is 2.